The van der Waals surface area contributed by atoms with E-state index >= 15 is 0 Å². The number of halogens is 1. The van der Waals surface area contributed by atoms with Gasteiger partial charge in [0.1, 0.15) is 5.82 Å². The summed E-state index contributed by atoms with van der Waals surface area (Å²) in [6.07, 6.45) is 0. The molecule has 0 aliphatic carbocycles. The molecule has 0 unspecified atom stereocenters. The number of nitrogens with zero attached hydrogens (tertiary/aromatic N) is 2. The van der Waals surface area contributed by atoms with Gasteiger partial charge in [-0.15, -0.1) is 0 Å². The van der Waals surface area contributed by atoms with Crippen LogP contribution in [0.1, 0.15) is 46.0 Å². The van der Waals surface area contributed by atoms with Gasteiger partial charge in [0, 0.05) is 24.7 Å². The second-order valence-corrected chi connectivity index (χ2v) is 8.48. The number of hydrogen-bond acceptors (Lipinski definition) is 7. The summed E-state index contributed by atoms with van der Waals surface area (Å²) in [6.45, 7) is 4.73. The standard InChI is InChI=1S/C26H30FN3O6/c1-16(2)14-30(26(32)18-10-22(33-3)24(35-5)23(11-18)34-4)15-20-12-21(29-36-20)25(31)28-13-17-6-8-19(27)9-7-17/h6-12,16H,13-15H2,1-5H3,(H,28,31). The molecule has 0 aliphatic rings. The highest BCUT2D eigenvalue weighted by Gasteiger charge is 2.24. The lowest BCUT2D eigenvalue weighted by molar-refractivity contribution is 0.0704. The topological polar surface area (TPSA) is 103 Å². The Labute approximate surface area is 209 Å². The normalized spacial score (nSPS) is 10.8. The number of rotatable bonds is 11. The smallest absolute Gasteiger partial charge is 0.273 e. The molecule has 3 aromatic rings. The van der Waals surface area contributed by atoms with Crippen LogP contribution in [0.4, 0.5) is 4.39 Å². The summed E-state index contributed by atoms with van der Waals surface area (Å²) in [5.74, 6) is 0.564. The minimum Gasteiger partial charge on any atom is -0.493 e. The van der Waals surface area contributed by atoms with E-state index in [9.17, 15) is 14.0 Å². The lowest BCUT2D eigenvalue weighted by atomic mass is 10.1. The van der Waals surface area contributed by atoms with E-state index in [1.165, 1.54) is 39.5 Å². The van der Waals surface area contributed by atoms with Gasteiger partial charge in [0.25, 0.3) is 11.8 Å². The zero-order valence-electron chi connectivity index (χ0n) is 21.0. The van der Waals surface area contributed by atoms with Gasteiger partial charge in [-0.05, 0) is 35.7 Å². The predicted molar refractivity (Wildman–Crippen MR) is 130 cm³/mol. The monoisotopic (exact) mass is 499 g/mol. The molecule has 36 heavy (non-hydrogen) atoms. The van der Waals surface area contributed by atoms with Crippen molar-refractivity contribution in [3.05, 3.63) is 70.9 Å². The van der Waals surface area contributed by atoms with E-state index in [0.29, 0.717) is 35.1 Å². The van der Waals surface area contributed by atoms with Gasteiger partial charge in [0.05, 0.1) is 27.9 Å². The van der Waals surface area contributed by atoms with Crippen molar-refractivity contribution in [2.45, 2.75) is 26.9 Å². The summed E-state index contributed by atoms with van der Waals surface area (Å²) in [4.78, 5) is 27.5. The third-order valence-electron chi connectivity index (χ3n) is 5.29. The van der Waals surface area contributed by atoms with Crippen molar-refractivity contribution < 1.29 is 32.7 Å². The third-order valence-corrected chi connectivity index (χ3v) is 5.29. The van der Waals surface area contributed by atoms with Gasteiger partial charge in [-0.3, -0.25) is 9.59 Å². The highest BCUT2D eigenvalue weighted by molar-refractivity contribution is 5.96. The molecule has 0 fully saturated rings. The Hall–Kier alpha value is -4.08. The van der Waals surface area contributed by atoms with Gasteiger partial charge in [0.15, 0.2) is 23.0 Å². The fourth-order valence-electron chi connectivity index (χ4n) is 3.60. The van der Waals surface area contributed by atoms with Crippen LogP contribution in [0.15, 0.2) is 47.0 Å². The van der Waals surface area contributed by atoms with Crippen LogP contribution in [-0.4, -0.2) is 49.7 Å². The van der Waals surface area contributed by atoms with Gasteiger partial charge in [-0.25, -0.2) is 4.39 Å². The molecule has 0 atom stereocenters. The lowest BCUT2D eigenvalue weighted by Crippen LogP contribution is -2.33. The number of aromatic nitrogens is 1. The fourth-order valence-corrected chi connectivity index (χ4v) is 3.60. The van der Waals surface area contributed by atoms with Crippen molar-refractivity contribution in [3.8, 4) is 17.2 Å². The number of ether oxygens (including phenoxy) is 3. The van der Waals surface area contributed by atoms with E-state index in [1.54, 1.807) is 29.2 Å². The van der Waals surface area contributed by atoms with Crippen molar-refractivity contribution in [1.29, 1.82) is 0 Å². The van der Waals surface area contributed by atoms with E-state index < -0.39 is 5.91 Å². The molecule has 0 spiro atoms. The highest BCUT2D eigenvalue weighted by atomic mass is 19.1. The van der Waals surface area contributed by atoms with E-state index in [0.717, 1.165) is 5.56 Å². The lowest BCUT2D eigenvalue weighted by Gasteiger charge is -2.24. The zero-order valence-corrected chi connectivity index (χ0v) is 21.0. The van der Waals surface area contributed by atoms with Crippen LogP contribution in [0.5, 0.6) is 17.2 Å². The second kappa shape index (κ2) is 12.1. The fraction of sp³-hybridized carbons (Fsp3) is 0.346. The Morgan fingerprint density at radius 3 is 2.22 bits per heavy atom. The van der Waals surface area contributed by atoms with Crippen molar-refractivity contribution in [1.82, 2.24) is 15.4 Å². The molecular weight excluding hydrogens is 469 g/mol. The molecule has 2 aromatic carbocycles. The maximum atomic E-state index is 13.5. The van der Waals surface area contributed by atoms with Gasteiger partial charge in [-0.2, -0.15) is 0 Å². The molecule has 2 amide bonds. The number of amides is 2. The van der Waals surface area contributed by atoms with Gasteiger partial charge in [-0.1, -0.05) is 31.1 Å². The van der Waals surface area contributed by atoms with Crippen molar-refractivity contribution in [2.75, 3.05) is 27.9 Å². The second-order valence-electron chi connectivity index (χ2n) is 8.48. The molecule has 1 heterocycles. The van der Waals surface area contributed by atoms with Crippen molar-refractivity contribution >= 4 is 11.8 Å². The van der Waals surface area contributed by atoms with Crippen LogP contribution in [-0.2, 0) is 13.1 Å². The largest absolute Gasteiger partial charge is 0.493 e. The van der Waals surface area contributed by atoms with E-state index in [2.05, 4.69) is 10.5 Å². The maximum Gasteiger partial charge on any atom is 0.273 e. The highest BCUT2D eigenvalue weighted by Crippen LogP contribution is 2.38. The Bertz CT molecular complexity index is 1170. The van der Waals surface area contributed by atoms with Gasteiger partial charge < -0.3 is 29.0 Å². The van der Waals surface area contributed by atoms with Gasteiger partial charge >= 0.3 is 0 Å². The van der Waals surface area contributed by atoms with Crippen LogP contribution in [0.25, 0.3) is 0 Å². The molecule has 0 bridgehead atoms. The van der Waals surface area contributed by atoms with Crippen LogP contribution >= 0.6 is 0 Å². The van der Waals surface area contributed by atoms with Crippen molar-refractivity contribution in [2.24, 2.45) is 5.92 Å². The van der Waals surface area contributed by atoms with E-state index in [4.69, 9.17) is 18.7 Å². The van der Waals surface area contributed by atoms with Gasteiger partial charge in [0.2, 0.25) is 5.75 Å². The first kappa shape index (κ1) is 26.5. The first-order chi connectivity index (χ1) is 17.2. The van der Waals surface area contributed by atoms with E-state index in [1.807, 2.05) is 13.8 Å². The third kappa shape index (κ3) is 6.53. The molecule has 1 N–H and O–H groups in total. The van der Waals surface area contributed by atoms with Crippen molar-refractivity contribution in [3.63, 3.8) is 0 Å². The number of hydrogen-bond donors (Lipinski definition) is 1. The maximum absolute atomic E-state index is 13.5. The van der Waals surface area contributed by atoms with Crippen LogP contribution in [0.3, 0.4) is 0 Å². The van der Waals surface area contributed by atoms with E-state index in [-0.39, 0.29) is 36.4 Å². The molecule has 0 saturated heterocycles. The van der Waals surface area contributed by atoms with Crippen LogP contribution < -0.4 is 19.5 Å². The Balaban J connectivity index is 1.75. The zero-order chi connectivity index (χ0) is 26.2. The average molecular weight is 500 g/mol. The van der Waals surface area contributed by atoms with Crippen LogP contribution in [0.2, 0.25) is 0 Å². The number of carbonyl (C=O) groups excluding carboxylic acids is 2. The first-order valence-electron chi connectivity index (χ1n) is 11.3. The number of carbonyl (C=O) groups is 2. The predicted octanol–water partition coefficient (Wildman–Crippen LogP) is 4.07. The molecule has 0 radical (unpaired) electrons. The molecule has 0 aliphatic heterocycles. The Morgan fingerprint density at radius 2 is 1.67 bits per heavy atom. The number of methoxy groups -OCH3 is 3. The minimum atomic E-state index is -0.444. The average Bonchev–Trinajstić information content (AvgIpc) is 3.34. The Morgan fingerprint density at radius 1 is 1.03 bits per heavy atom. The summed E-state index contributed by atoms with van der Waals surface area (Å²) in [5.41, 5.74) is 1.17. The molecule has 3 rings (SSSR count). The Kier molecular flexibility index (Phi) is 8.88. The molecule has 1 aromatic heterocycles. The first-order valence-corrected chi connectivity index (χ1v) is 11.3. The summed E-state index contributed by atoms with van der Waals surface area (Å²) >= 11 is 0. The summed E-state index contributed by atoms with van der Waals surface area (Å²) < 4.78 is 34.5. The molecular formula is C26H30FN3O6. The number of nitrogens with one attached hydrogen (secondary N) is 1. The van der Waals surface area contributed by atoms with Crippen LogP contribution in [0, 0.1) is 11.7 Å². The molecule has 0 saturated carbocycles. The minimum absolute atomic E-state index is 0.0804. The summed E-state index contributed by atoms with van der Waals surface area (Å²) in [5, 5.41) is 6.56. The summed E-state index contributed by atoms with van der Waals surface area (Å²) in [7, 11) is 4.45. The SMILES string of the molecule is COc1cc(C(=O)N(Cc2cc(C(=O)NCc3ccc(F)cc3)no2)CC(C)C)cc(OC)c1OC. The summed E-state index contributed by atoms with van der Waals surface area (Å²) in [6, 6.07) is 10.5. The number of benzene rings is 2. The molecule has 192 valence electrons. The quantitative estimate of drug-likeness (QED) is 0.424. The molecule has 10 heteroatoms. The molecule has 9 nitrogen and oxygen atoms in total.